The molecular formula is C19H28Si2. The minimum Gasteiger partial charge on any atom is -0.0916 e. The van der Waals surface area contributed by atoms with E-state index in [1.54, 1.807) is 5.57 Å². The molecule has 2 aromatic carbocycles. The first-order valence-corrected chi connectivity index (χ1v) is 15.1. The Balaban J connectivity index is 2.50. The van der Waals surface area contributed by atoms with Crippen LogP contribution in [0.25, 0.3) is 16.3 Å². The van der Waals surface area contributed by atoms with E-state index in [4.69, 9.17) is 0 Å². The maximum Gasteiger partial charge on any atom is 0.0690 e. The SMILES string of the molecule is C[Si](C)(C)/C=C(/C[Si](C)(C)C)c1ccc2ccccc2c1. The van der Waals surface area contributed by atoms with Crippen LogP contribution in [0.2, 0.25) is 45.3 Å². The van der Waals surface area contributed by atoms with Gasteiger partial charge in [0.2, 0.25) is 0 Å². The van der Waals surface area contributed by atoms with Crippen LogP contribution in [0.4, 0.5) is 0 Å². The third-order valence-corrected chi connectivity index (χ3v) is 6.10. The van der Waals surface area contributed by atoms with Gasteiger partial charge in [0.25, 0.3) is 0 Å². The van der Waals surface area contributed by atoms with E-state index >= 15 is 0 Å². The molecule has 0 atom stereocenters. The van der Waals surface area contributed by atoms with Gasteiger partial charge in [-0.25, -0.2) is 0 Å². The van der Waals surface area contributed by atoms with Crippen molar-refractivity contribution in [3.8, 4) is 0 Å². The zero-order chi connectivity index (χ0) is 15.7. The third kappa shape index (κ3) is 4.97. The first-order valence-electron chi connectivity index (χ1n) is 7.85. The largest absolute Gasteiger partial charge is 0.0916 e. The van der Waals surface area contributed by atoms with E-state index in [0.29, 0.717) is 0 Å². The Bertz CT molecular complexity index is 655. The lowest BCUT2D eigenvalue weighted by molar-refractivity contribution is 1.49. The highest BCUT2D eigenvalue weighted by Crippen LogP contribution is 2.29. The molecule has 0 unspecified atom stereocenters. The summed E-state index contributed by atoms with van der Waals surface area (Å²) in [5, 5.41) is 2.69. The monoisotopic (exact) mass is 312 g/mol. The van der Waals surface area contributed by atoms with Crippen molar-refractivity contribution in [1.29, 1.82) is 0 Å². The summed E-state index contributed by atoms with van der Waals surface area (Å²) in [6, 6.07) is 16.9. The van der Waals surface area contributed by atoms with Gasteiger partial charge in [0.1, 0.15) is 0 Å². The summed E-state index contributed by atoms with van der Waals surface area (Å²) in [6.07, 6.45) is 0. The maximum absolute atomic E-state index is 2.61. The molecule has 0 aliphatic heterocycles. The van der Waals surface area contributed by atoms with Crippen LogP contribution in [0.1, 0.15) is 5.56 Å². The topological polar surface area (TPSA) is 0 Å². The third-order valence-electron chi connectivity index (χ3n) is 3.45. The summed E-state index contributed by atoms with van der Waals surface area (Å²) in [7, 11) is -2.33. The zero-order valence-electron chi connectivity index (χ0n) is 14.3. The average molecular weight is 313 g/mol. The molecule has 0 fully saturated rings. The van der Waals surface area contributed by atoms with Crippen LogP contribution in [0.3, 0.4) is 0 Å². The van der Waals surface area contributed by atoms with Gasteiger partial charge in [-0.1, -0.05) is 87.0 Å². The van der Waals surface area contributed by atoms with Crippen LogP contribution in [-0.2, 0) is 0 Å². The van der Waals surface area contributed by atoms with Gasteiger partial charge in [0.05, 0.1) is 8.07 Å². The van der Waals surface area contributed by atoms with E-state index in [1.807, 2.05) is 0 Å². The molecule has 2 heteroatoms. The summed E-state index contributed by atoms with van der Waals surface area (Å²) in [4.78, 5) is 0. The highest BCUT2D eigenvalue weighted by atomic mass is 28.3. The Morgan fingerprint density at radius 2 is 1.48 bits per heavy atom. The van der Waals surface area contributed by atoms with Gasteiger partial charge >= 0.3 is 0 Å². The van der Waals surface area contributed by atoms with E-state index in [-0.39, 0.29) is 0 Å². The fourth-order valence-electron chi connectivity index (χ4n) is 2.72. The molecule has 0 N–H and O–H groups in total. The highest BCUT2D eigenvalue weighted by Gasteiger charge is 2.19. The minimum absolute atomic E-state index is 1.12. The molecule has 2 aromatic rings. The number of benzene rings is 2. The normalized spacial score (nSPS) is 13.7. The molecule has 21 heavy (non-hydrogen) atoms. The molecule has 0 radical (unpaired) electrons. The van der Waals surface area contributed by atoms with Crippen LogP contribution in [0, 0.1) is 0 Å². The highest BCUT2D eigenvalue weighted by molar-refractivity contribution is 6.83. The summed E-state index contributed by atoms with van der Waals surface area (Å²) >= 11 is 0. The molecule has 0 aliphatic carbocycles. The molecule has 0 nitrogen and oxygen atoms in total. The smallest absolute Gasteiger partial charge is 0.0690 e. The molecule has 0 aliphatic rings. The van der Waals surface area contributed by atoms with E-state index in [1.165, 1.54) is 22.4 Å². The number of allylic oxidation sites excluding steroid dienone is 1. The molecule has 0 saturated carbocycles. The van der Waals surface area contributed by atoms with Gasteiger partial charge in [-0.05, 0) is 28.4 Å². The first-order chi connectivity index (χ1) is 9.64. The van der Waals surface area contributed by atoms with Gasteiger partial charge < -0.3 is 0 Å². The van der Waals surface area contributed by atoms with Crippen molar-refractivity contribution >= 4 is 32.5 Å². The second-order valence-corrected chi connectivity index (χ2v) is 18.8. The number of hydrogen-bond acceptors (Lipinski definition) is 0. The van der Waals surface area contributed by atoms with Crippen LogP contribution in [-0.4, -0.2) is 16.1 Å². The molecule has 112 valence electrons. The van der Waals surface area contributed by atoms with Crippen molar-refractivity contribution in [2.24, 2.45) is 0 Å². The standard InChI is InChI=1S/C19H28Si2/c1-20(2,3)14-19(15-21(4,5)6)18-12-11-16-9-7-8-10-17(16)13-18/h7-14H,15H2,1-6H3/b19-14-. The summed E-state index contributed by atoms with van der Waals surface area (Å²) in [6.45, 7) is 14.7. The van der Waals surface area contributed by atoms with Crippen LogP contribution >= 0.6 is 0 Å². The molecule has 0 saturated heterocycles. The molecule has 0 bridgehead atoms. The lowest BCUT2D eigenvalue weighted by Crippen LogP contribution is -2.22. The Morgan fingerprint density at radius 1 is 0.857 bits per heavy atom. The molecule has 0 amide bonds. The summed E-state index contributed by atoms with van der Waals surface area (Å²) < 4.78 is 0. The number of fused-ring (bicyclic) bond motifs is 1. The van der Waals surface area contributed by atoms with Crippen LogP contribution < -0.4 is 0 Å². The quantitative estimate of drug-likeness (QED) is 0.570. The van der Waals surface area contributed by atoms with Crippen molar-refractivity contribution in [2.45, 2.75) is 45.3 Å². The van der Waals surface area contributed by atoms with Crippen molar-refractivity contribution in [1.82, 2.24) is 0 Å². The van der Waals surface area contributed by atoms with Gasteiger partial charge in [-0.3, -0.25) is 0 Å². The van der Waals surface area contributed by atoms with Gasteiger partial charge in [0, 0.05) is 8.07 Å². The molecular weight excluding hydrogens is 284 g/mol. The van der Waals surface area contributed by atoms with Gasteiger partial charge in [0.15, 0.2) is 0 Å². The van der Waals surface area contributed by atoms with E-state index < -0.39 is 16.1 Å². The minimum atomic E-state index is -1.21. The number of hydrogen-bond donors (Lipinski definition) is 0. The average Bonchev–Trinajstić information content (AvgIpc) is 2.34. The Labute approximate surface area is 131 Å². The van der Waals surface area contributed by atoms with E-state index in [2.05, 4.69) is 87.4 Å². The van der Waals surface area contributed by atoms with Crippen LogP contribution in [0.5, 0.6) is 0 Å². The van der Waals surface area contributed by atoms with Gasteiger partial charge in [-0.15, -0.1) is 0 Å². The Hall–Kier alpha value is -1.13. The molecule has 0 heterocycles. The van der Waals surface area contributed by atoms with E-state index in [0.717, 1.165) is 0 Å². The predicted molar refractivity (Wildman–Crippen MR) is 103 cm³/mol. The van der Waals surface area contributed by atoms with Crippen LogP contribution in [0.15, 0.2) is 48.2 Å². The lowest BCUT2D eigenvalue weighted by atomic mass is 10.0. The zero-order valence-corrected chi connectivity index (χ0v) is 16.3. The first kappa shape index (κ1) is 16.2. The molecule has 0 spiro atoms. The van der Waals surface area contributed by atoms with Crippen molar-refractivity contribution in [3.63, 3.8) is 0 Å². The summed E-state index contributed by atoms with van der Waals surface area (Å²) in [5.41, 5.74) is 5.62. The number of rotatable bonds is 4. The van der Waals surface area contributed by atoms with Crippen molar-refractivity contribution in [2.75, 3.05) is 0 Å². The van der Waals surface area contributed by atoms with Gasteiger partial charge in [-0.2, -0.15) is 0 Å². The maximum atomic E-state index is 2.61. The Kier molecular flexibility index (Phi) is 4.59. The molecule has 2 rings (SSSR count). The fourth-order valence-corrected chi connectivity index (χ4v) is 5.69. The summed E-state index contributed by atoms with van der Waals surface area (Å²) in [5.74, 6) is 0. The predicted octanol–water partition coefficient (Wildman–Crippen LogP) is 6.44. The van der Waals surface area contributed by atoms with Crippen molar-refractivity contribution in [3.05, 3.63) is 53.7 Å². The lowest BCUT2D eigenvalue weighted by Gasteiger charge is -2.22. The Morgan fingerprint density at radius 3 is 2.05 bits per heavy atom. The molecule has 0 aromatic heterocycles. The van der Waals surface area contributed by atoms with Crippen molar-refractivity contribution < 1.29 is 0 Å². The fraction of sp³-hybridized carbons (Fsp3) is 0.368. The van der Waals surface area contributed by atoms with E-state index in [9.17, 15) is 0 Å². The second kappa shape index (κ2) is 5.94. The second-order valence-electron chi connectivity index (χ2n) is 8.33.